The number of nitrogens with one attached hydrogen (secondary N) is 3. The van der Waals surface area contributed by atoms with Crippen LogP contribution in [0.15, 0.2) is 48.5 Å². The second kappa shape index (κ2) is 6.61. The standard InChI is InChI=1S/C17H22N4/c18-15-5-9-17(10-6-15)21-16-7-3-13(4-8-16)14-2-1-11-19-20-12-14/h3-10,14,19-21H,1-2,11-12,18H2. The minimum Gasteiger partial charge on any atom is -0.399 e. The van der Waals surface area contributed by atoms with Gasteiger partial charge in [0.25, 0.3) is 0 Å². The van der Waals surface area contributed by atoms with Crippen molar-refractivity contribution in [2.24, 2.45) is 0 Å². The zero-order chi connectivity index (χ0) is 14.5. The van der Waals surface area contributed by atoms with E-state index in [1.54, 1.807) is 0 Å². The molecule has 0 aliphatic carbocycles. The Morgan fingerprint density at radius 1 is 0.905 bits per heavy atom. The van der Waals surface area contributed by atoms with Crippen LogP contribution < -0.4 is 21.9 Å². The Morgan fingerprint density at radius 3 is 2.29 bits per heavy atom. The largest absolute Gasteiger partial charge is 0.399 e. The molecule has 1 unspecified atom stereocenters. The monoisotopic (exact) mass is 282 g/mol. The van der Waals surface area contributed by atoms with Gasteiger partial charge in [-0.05, 0) is 60.7 Å². The summed E-state index contributed by atoms with van der Waals surface area (Å²) in [5.74, 6) is 0.588. The summed E-state index contributed by atoms with van der Waals surface area (Å²) in [6, 6.07) is 16.5. The Morgan fingerprint density at radius 2 is 1.57 bits per heavy atom. The van der Waals surface area contributed by atoms with Crippen molar-refractivity contribution in [3.63, 3.8) is 0 Å². The van der Waals surface area contributed by atoms with E-state index < -0.39 is 0 Å². The topological polar surface area (TPSA) is 62.1 Å². The van der Waals surface area contributed by atoms with Crippen LogP contribution in [0.2, 0.25) is 0 Å². The molecule has 1 saturated heterocycles. The molecule has 21 heavy (non-hydrogen) atoms. The van der Waals surface area contributed by atoms with Crippen LogP contribution in [0.25, 0.3) is 0 Å². The van der Waals surface area contributed by atoms with Gasteiger partial charge in [0.2, 0.25) is 0 Å². The fraction of sp³-hybridized carbons (Fsp3) is 0.294. The van der Waals surface area contributed by atoms with Crippen molar-refractivity contribution in [1.29, 1.82) is 0 Å². The third-order valence-corrected chi connectivity index (χ3v) is 3.91. The molecule has 0 amide bonds. The summed E-state index contributed by atoms with van der Waals surface area (Å²) in [6.07, 6.45) is 2.44. The fourth-order valence-corrected chi connectivity index (χ4v) is 2.68. The number of nitrogen functional groups attached to an aromatic ring is 1. The van der Waals surface area contributed by atoms with Crippen molar-refractivity contribution in [3.05, 3.63) is 54.1 Å². The van der Waals surface area contributed by atoms with Crippen molar-refractivity contribution in [3.8, 4) is 0 Å². The zero-order valence-electron chi connectivity index (χ0n) is 12.1. The quantitative estimate of drug-likeness (QED) is 0.654. The van der Waals surface area contributed by atoms with Gasteiger partial charge in [0.05, 0.1) is 0 Å². The highest BCUT2D eigenvalue weighted by Gasteiger charge is 2.13. The summed E-state index contributed by atoms with van der Waals surface area (Å²) in [4.78, 5) is 0. The first kappa shape index (κ1) is 13.9. The summed E-state index contributed by atoms with van der Waals surface area (Å²) in [5, 5.41) is 3.39. The van der Waals surface area contributed by atoms with Gasteiger partial charge in [-0.2, -0.15) is 0 Å². The van der Waals surface area contributed by atoms with Crippen LogP contribution in [0.5, 0.6) is 0 Å². The van der Waals surface area contributed by atoms with Gasteiger partial charge in [-0.25, -0.2) is 0 Å². The summed E-state index contributed by atoms with van der Waals surface area (Å²) in [5.41, 5.74) is 16.5. The van der Waals surface area contributed by atoms with E-state index >= 15 is 0 Å². The van der Waals surface area contributed by atoms with Gasteiger partial charge in [0.15, 0.2) is 0 Å². The molecule has 4 heteroatoms. The molecule has 1 atom stereocenters. The summed E-state index contributed by atoms with van der Waals surface area (Å²) in [7, 11) is 0. The molecule has 110 valence electrons. The highest BCUT2D eigenvalue weighted by molar-refractivity contribution is 5.62. The Labute approximate surface area is 125 Å². The maximum atomic E-state index is 5.70. The van der Waals surface area contributed by atoms with Crippen molar-refractivity contribution >= 4 is 17.1 Å². The van der Waals surface area contributed by atoms with Crippen LogP contribution in [0.1, 0.15) is 24.3 Å². The van der Waals surface area contributed by atoms with Crippen molar-refractivity contribution in [2.75, 3.05) is 24.1 Å². The molecule has 2 aromatic carbocycles. The lowest BCUT2D eigenvalue weighted by atomic mass is 9.94. The van der Waals surface area contributed by atoms with Crippen LogP contribution in [-0.4, -0.2) is 13.1 Å². The lowest BCUT2D eigenvalue weighted by Crippen LogP contribution is -2.32. The minimum absolute atomic E-state index is 0.588. The molecule has 3 rings (SSSR count). The minimum atomic E-state index is 0.588. The first-order chi connectivity index (χ1) is 10.3. The van der Waals surface area contributed by atoms with E-state index in [4.69, 9.17) is 5.73 Å². The highest BCUT2D eigenvalue weighted by atomic mass is 15.3. The molecule has 5 N–H and O–H groups in total. The Hall–Kier alpha value is -2.04. The molecular weight excluding hydrogens is 260 g/mol. The summed E-state index contributed by atoms with van der Waals surface area (Å²) < 4.78 is 0. The molecule has 0 spiro atoms. The number of anilines is 3. The number of rotatable bonds is 3. The highest BCUT2D eigenvalue weighted by Crippen LogP contribution is 2.24. The first-order valence-corrected chi connectivity index (χ1v) is 7.49. The molecular formula is C17H22N4. The van der Waals surface area contributed by atoms with E-state index in [1.807, 2.05) is 24.3 Å². The second-order valence-electron chi connectivity index (χ2n) is 5.52. The zero-order valence-corrected chi connectivity index (χ0v) is 12.1. The number of hydrogen-bond acceptors (Lipinski definition) is 4. The van der Waals surface area contributed by atoms with Gasteiger partial charge in [-0.15, -0.1) is 0 Å². The van der Waals surface area contributed by atoms with Crippen molar-refractivity contribution in [1.82, 2.24) is 10.9 Å². The van der Waals surface area contributed by atoms with E-state index in [-0.39, 0.29) is 0 Å². The molecule has 1 aliphatic rings. The van der Waals surface area contributed by atoms with Gasteiger partial charge >= 0.3 is 0 Å². The van der Waals surface area contributed by atoms with Crippen LogP contribution >= 0.6 is 0 Å². The van der Waals surface area contributed by atoms with Gasteiger partial charge in [-0.3, -0.25) is 10.9 Å². The summed E-state index contributed by atoms with van der Waals surface area (Å²) >= 11 is 0. The number of nitrogens with two attached hydrogens (primary N) is 1. The Balaban J connectivity index is 1.67. The van der Waals surface area contributed by atoms with E-state index in [9.17, 15) is 0 Å². The molecule has 0 saturated carbocycles. The van der Waals surface area contributed by atoms with Crippen molar-refractivity contribution in [2.45, 2.75) is 18.8 Å². The second-order valence-corrected chi connectivity index (χ2v) is 5.52. The lowest BCUT2D eigenvalue weighted by molar-refractivity contribution is 0.550. The molecule has 1 fully saturated rings. The average molecular weight is 282 g/mol. The van der Waals surface area contributed by atoms with Crippen LogP contribution in [0.3, 0.4) is 0 Å². The number of benzene rings is 2. The van der Waals surface area contributed by atoms with E-state index in [1.165, 1.54) is 18.4 Å². The van der Waals surface area contributed by atoms with Gasteiger partial charge in [-0.1, -0.05) is 12.1 Å². The molecule has 0 radical (unpaired) electrons. The molecule has 4 nitrogen and oxygen atoms in total. The lowest BCUT2D eigenvalue weighted by Gasteiger charge is -2.15. The molecule has 0 aromatic heterocycles. The summed E-state index contributed by atoms with van der Waals surface area (Å²) in [6.45, 7) is 2.04. The normalized spacial score (nSPS) is 19.0. The third kappa shape index (κ3) is 3.74. The maximum absolute atomic E-state index is 5.70. The predicted molar refractivity (Wildman–Crippen MR) is 88.6 cm³/mol. The SMILES string of the molecule is Nc1ccc(Nc2ccc(C3CCCNNC3)cc2)cc1. The number of hydrazine groups is 1. The third-order valence-electron chi connectivity index (χ3n) is 3.91. The number of hydrogen-bond donors (Lipinski definition) is 4. The molecule has 2 aromatic rings. The van der Waals surface area contributed by atoms with E-state index in [0.29, 0.717) is 5.92 Å². The van der Waals surface area contributed by atoms with Crippen LogP contribution in [0.4, 0.5) is 17.1 Å². The van der Waals surface area contributed by atoms with Gasteiger partial charge in [0, 0.05) is 30.2 Å². The van der Waals surface area contributed by atoms with Crippen LogP contribution in [-0.2, 0) is 0 Å². The Bertz CT molecular complexity index is 554. The van der Waals surface area contributed by atoms with Gasteiger partial charge in [0.1, 0.15) is 0 Å². The predicted octanol–water partition coefficient (Wildman–Crippen LogP) is 2.98. The molecule has 1 aliphatic heterocycles. The maximum Gasteiger partial charge on any atom is 0.0385 e. The first-order valence-electron chi connectivity index (χ1n) is 7.49. The fourth-order valence-electron chi connectivity index (χ4n) is 2.68. The van der Waals surface area contributed by atoms with Gasteiger partial charge < -0.3 is 11.1 Å². The Kier molecular flexibility index (Phi) is 4.38. The molecule has 0 bridgehead atoms. The van der Waals surface area contributed by atoms with E-state index in [2.05, 4.69) is 40.4 Å². The van der Waals surface area contributed by atoms with Crippen LogP contribution in [0, 0.1) is 0 Å². The smallest absolute Gasteiger partial charge is 0.0385 e. The van der Waals surface area contributed by atoms with E-state index in [0.717, 1.165) is 30.2 Å². The van der Waals surface area contributed by atoms with Crippen molar-refractivity contribution < 1.29 is 0 Å². The average Bonchev–Trinajstić information content (AvgIpc) is 2.80. The molecule has 1 heterocycles.